The van der Waals surface area contributed by atoms with Gasteiger partial charge in [-0.2, -0.15) is 0 Å². The maximum atomic E-state index is 4.76. The highest BCUT2D eigenvalue weighted by Crippen LogP contribution is 2.28. The maximum absolute atomic E-state index is 4.76. The first-order valence-electron chi connectivity index (χ1n) is 6.34. The lowest BCUT2D eigenvalue weighted by Gasteiger charge is -2.21. The van der Waals surface area contributed by atoms with E-state index in [2.05, 4.69) is 54.2 Å². The summed E-state index contributed by atoms with van der Waals surface area (Å²) in [6.07, 6.45) is 2.33. The van der Waals surface area contributed by atoms with Crippen molar-refractivity contribution < 1.29 is 0 Å². The van der Waals surface area contributed by atoms with Crippen molar-refractivity contribution in [1.29, 1.82) is 0 Å². The summed E-state index contributed by atoms with van der Waals surface area (Å²) in [5.74, 6) is 1.17. The molecule has 0 aromatic heterocycles. The summed E-state index contributed by atoms with van der Waals surface area (Å²) in [6, 6.07) is 4.77. The van der Waals surface area contributed by atoms with Gasteiger partial charge in [-0.3, -0.25) is 4.99 Å². The first-order valence-corrected chi connectivity index (χ1v) is 8.12. The highest BCUT2D eigenvalue weighted by molar-refractivity contribution is 9.10. The smallest absolute Gasteiger partial charge is 0.161 e. The van der Waals surface area contributed by atoms with Gasteiger partial charge in [-0.25, -0.2) is 0 Å². The molecule has 0 radical (unpaired) electrons. The molecule has 1 N–H and O–H groups in total. The van der Waals surface area contributed by atoms with Gasteiger partial charge in [0.25, 0.3) is 0 Å². The van der Waals surface area contributed by atoms with Crippen LogP contribution in [0.15, 0.2) is 21.6 Å². The first-order chi connectivity index (χ1) is 8.60. The van der Waals surface area contributed by atoms with E-state index in [1.165, 1.54) is 29.0 Å². The predicted octanol–water partition coefficient (Wildman–Crippen LogP) is 4.75. The van der Waals surface area contributed by atoms with Crippen LogP contribution >= 0.6 is 27.7 Å². The van der Waals surface area contributed by atoms with Gasteiger partial charge in [0.05, 0.1) is 6.04 Å². The fourth-order valence-corrected chi connectivity index (χ4v) is 3.81. The van der Waals surface area contributed by atoms with Crippen molar-refractivity contribution in [3.63, 3.8) is 0 Å². The molecule has 0 fully saturated rings. The van der Waals surface area contributed by atoms with E-state index in [-0.39, 0.29) is 0 Å². The van der Waals surface area contributed by atoms with E-state index in [9.17, 15) is 0 Å². The molecule has 0 amide bonds. The van der Waals surface area contributed by atoms with Crippen LogP contribution in [-0.4, -0.2) is 17.0 Å². The molecule has 1 aromatic carbocycles. The minimum atomic E-state index is 0.491. The monoisotopic (exact) mass is 326 g/mol. The number of hydrogen-bond acceptors (Lipinski definition) is 3. The Morgan fingerprint density at radius 3 is 2.67 bits per heavy atom. The molecule has 1 unspecified atom stereocenters. The SMILES string of the molecule is CCC1CCSC(Nc2c(C)cc(Br)cc2C)=N1. The zero-order valence-corrected chi connectivity index (χ0v) is 13.5. The van der Waals surface area contributed by atoms with Crippen molar-refractivity contribution in [2.45, 2.75) is 39.7 Å². The highest BCUT2D eigenvalue weighted by atomic mass is 79.9. The topological polar surface area (TPSA) is 24.4 Å². The van der Waals surface area contributed by atoms with Gasteiger partial charge in [0.2, 0.25) is 0 Å². The van der Waals surface area contributed by atoms with Crippen LogP contribution in [0.2, 0.25) is 0 Å². The summed E-state index contributed by atoms with van der Waals surface area (Å²) in [5, 5.41) is 4.57. The lowest BCUT2D eigenvalue weighted by Crippen LogP contribution is -2.20. The number of benzene rings is 1. The number of amidine groups is 1. The van der Waals surface area contributed by atoms with Crippen LogP contribution in [0.4, 0.5) is 5.69 Å². The van der Waals surface area contributed by atoms with Crippen LogP contribution in [0, 0.1) is 13.8 Å². The molecular weight excluding hydrogens is 308 g/mol. The summed E-state index contributed by atoms with van der Waals surface area (Å²) in [5.41, 5.74) is 3.70. The molecule has 1 aromatic rings. The molecule has 0 aliphatic carbocycles. The zero-order chi connectivity index (χ0) is 13.1. The van der Waals surface area contributed by atoms with Crippen LogP contribution in [0.3, 0.4) is 0 Å². The van der Waals surface area contributed by atoms with Crippen molar-refractivity contribution in [3.8, 4) is 0 Å². The number of aliphatic imine (C=N–C) groups is 1. The fraction of sp³-hybridized carbons (Fsp3) is 0.500. The number of rotatable bonds is 2. The Balaban J connectivity index is 2.21. The van der Waals surface area contributed by atoms with Crippen molar-refractivity contribution >= 4 is 38.5 Å². The Bertz CT molecular complexity index is 448. The summed E-state index contributed by atoms with van der Waals surface area (Å²) in [4.78, 5) is 4.76. The van der Waals surface area contributed by atoms with Gasteiger partial charge >= 0.3 is 0 Å². The molecule has 0 bridgehead atoms. The minimum absolute atomic E-state index is 0.491. The number of hydrogen-bond donors (Lipinski definition) is 1. The predicted molar refractivity (Wildman–Crippen MR) is 85.8 cm³/mol. The number of thioether (sulfide) groups is 1. The normalized spacial score (nSPS) is 19.6. The molecule has 1 atom stereocenters. The third-order valence-electron chi connectivity index (χ3n) is 3.19. The second kappa shape index (κ2) is 6.11. The van der Waals surface area contributed by atoms with Crippen molar-refractivity contribution in [1.82, 2.24) is 0 Å². The van der Waals surface area contributed by atoms with Crippen molar-refractivity contribution in [3.05, 3.63) is 27.7 Å². The molecular formula is C14H19BrN2S. The van der Waals surface area contributed by atoms with Crippen LogP contribution in [-0.2, 0) is 0 Å². The molecule has 0 saturated heterocycles. The summed E-state index contributed by atoms with van der Waals surface area (Å²) in [7, 11) is 0. The number of aryl methyl sites for hydroxylation is 2. The van der Waals surface area contributed by atoms with Gasteiger partial charge < -0.3 is 5.32 Å². The molecule has 0 saturated carbocycles. The summed E-state index contributed by atoms with van der Waals surface area (Å²) >= 11 is 5.36. The first kappa shape index (κ1) is 13.9. The van der Waals surface area contributed by atoms with Crippen LogP contribution in [0.25, 0.3) is 0 Å². The Morgan fingerprint density at radius 1 is 1.39 bits per heavy atom. The second-order valence-electron chi connectivity index (χ2n) is 4.67. The van der Waals surface area contributed by atoms with Gasteiger partial charge in [-0.15, -0.1) is 0 Å². The molecule has 2 rings (SSSR count). The van der Waals surface area contributed by atoms with Crippen LogP contribution in [0.5, 0.6) is 0 Å². The van der Waals surface area contributed by atoms with Gasteiger partial charge in [0.1, 0.15) is 0 Å². The largest absolute Gasteiger partial charge is 0.335 e. The molecule has 1 aliphatic rings. The third-order valence-corrected chi connectivity index (χ3v) is 4.57. The van der Waals surface area contributed by atoms with E-state index in [1.807, 2.05) is 11.8 Å². The Kier molecular flexibility index (Phi) is 4.73. The Hall–Kier alpha value is -0.480. The molecule has 18 heavy (non-hydrogen) atoms. The maximum Gasteiger partial charge on any atom is 0.161 e. The van der Waals surface area contributed by atoms with E-state index in [0.29, 0.717) is 6.04 Å². The standard InChI is InChI=1S/C14H19BrN2S/c1-4-12-5-6-18-14(16-12)17-13-9(2)7-11(15)8-10(13)3/h7-8,12H,4-6H2,1-3H3,(H,16,17). The van der Waals surface area contributed by atoms with Crippen molar-refractivity contribution in [2.75, 3.05) is 11.1 Å². The van der Waals surface area contributed by atoms with Gasteiger partial charge in [0.15, 0.2) is 5.17 Å². The van der Waals surface area contributed by atoms with Crippen molar-refractivity contribution in [2.24, 2.45) is 4.99 Å². The van der Waals surface area contributed by atoms with E-state index in [0.717, 1.165) is 16.1 Å². The van der Waals surface area contributed by atoms with Crippen LogP contribution in [0.1, 0.15) is 30.9 Å². The van der Waals surface area contributed by atoms with Gasteiger partial charge in [0, 0.05) is 15.9 Å². The minimum Gasteiger partial charge on any atom is -0.335 e. The average Bonchev–Trinajstić information content (AvgIpc) is 2.34. The van der Waals surface area contributed by atoms with E-state index < -0.39 is 0 Å². The van der Waals surface area contributed by atoms with Crippen LogP contribution < -0.4 is 5.32 Å². The number of nitrogens with one attached hydrogen (secondary N) is 1. The molecule has 98 valence electrons. The second-order valence-corrected chi connectivity index (χ2v) is 6.67. The van der Waals surface area contributed by atoms with Gasteiger partial charge in [-0.1, -0.05) is 34.6 Å². The molecule has 0 spiro atoms. The lowest BCUT2D eigenvalue weighted by atomic mass is 10.1. The highest BCUT2D eigenvalue weighted by Gasteiger charge is 2.15. The van der Waals surface area contributed by atoms with Gasteiger partial charge in [-0.05, 0) is 49.9 Å². The van der Waals surface area contributed by atoms with E-state index >= 15 is 0 Å². The summed E-state index contributed by atoms with van der Waals surface area (Å²) in [6.45, 7) is 6.47. The molecule has 2 nitrogen and oxygen atoms in total. The third kappa shape index (κ3) is 3.29. The number of anilines is 1. The van der Waals surface area contributed by atoms with E-state index in [4.69, 9.17) is 4.99 Å². The molecule has 1 heterocycles. The molecule has 4 heteroatoms. The number of halogens is 1. The average molecular weight is 327 g/mol. The summed E-state index contributed by atoms with van der Waals surface area (Å²) < 4.78 is 1.13. The van der Waals surface area contributed by atoms with E-state index in [1.54, 1.807) is 0 Å². The lowest BCUT2D eigenvalue weighted by molar-refractivity contribution is 0.634. The fourth-order valence-electron chi connectivity index (χ4n) is 2.14. The molecule has 1 aliphatic heterocycles. The quantitative estimate of drug-likeness (QED) is 0.848. The Morgan fingerprint density at radius 2 is 2.06 bits per heavy atom. The number of nitrogens with zero attached hydrogens (tertiary/aromatic N) is 1. The Labute approximate surface area is 122 Å². The zero-order valence-electron chi connectivity index (χ0n) is 11.1.